The van der Waals surface area contributed by atoms with Crippen LogP contribution < -0.4 is 10.5 Å². The van der Waals surface area contributed by atoms with E-state index in [0.717, 1.165) is 6.07 Å². The highest BCUT2D eigenvalue weighted by molar-refractivity contribution is 6.32. The van der Waals surface area contributed by atoms with E-state index < -0.39 is 17.8 Å². The molecule has 0 saturated heterocycles. The molecule has 0 aliphatic carbocycles. The number of nitrogens with zero attached hydrogens (tertiary/aromatic N) is 2. The predicted molar refractivity (Wildman–Crippen MR) is 69.9 cm³/mol. The number of anilines is 1. The number of nitrogen functional groups attached to an aromatic ring is 1. The average molecular weight is 314 g/mol. The number of halogens is 4. The quantitative estimate of drug-likeness (QED) is 0.851. The van der Waals surface area contributed by atoms with Crippen LogP contribution in [0.25, 0.3) is 0 Å². The van der Waals surface area contributed by atoms with E-state index in [1.54, 1.807) is 6.07 Å². The van der Waals surface area contributed by atoms with Crippen molar-refractivity contribution in [2.75, 3.05) is 5.73 Å². The first kappa shape index (κ1) is 14.9. The number of benzene rings is 1. The Morgan fingerprint density at radius 2 is 1.95 bits per heavy atom. The van der Waals surface area contributed by atoms with Crippen LogP contribution in [0.15, 0.2) is 30.3 Å². The first-order chi connectivity index (χ1) is 9.81. The van der Waals surface area contributed by atoms with Crippen molar-refractivity contribution in [1.29, 1.82) is 5.26 Å². The Labute approximate surface area is 122 Å². The fourth-order valence-corrected chi connectivity index (χ4v) is 1.69. The minimum atomic E-state index is -4.64. The van der Waals surface area contributed by atoms with E-state index in [1.165, 1.54) is 18.2 Å². The van der Waals surface area contributed by atoms with Crippen molar-refractivity contribution in [3.05, 3.63) is 46.6 Å². The van der Waals surface area contributed by atoms with E-state index in [4.69, 9.17) is 27.3 Å². The molecule has 2 N–H and O–H groups in total. The van der Waals surface area contributed by atoms with Crippen LogP contribution in [0.3, 0.4) is 0 Å². The summed E-state index contributed by atoms with van der Waals surface area (Å²) in [4.78, 5) is 3.31. The van der Waals surface area contributed by atoms with Crippen molar-refractivity contribution >= 4 is 17.3 Å². The summed E-state index contributed by atoms with van der Waals surface area (Å²) in [6.07, 6.45) is -4.64. The summed E-state index contributed by atoms with van der Waals surface area (Å²) >= 11 is 5.87. The lowest BCUT2D eigenvalue weighted by atomic mass is 10.2. The van der Waals surface area contributed by atoms with Gasteiger partial charge in [0.1, 0.15) is 23.1 Å². The van der Waals surface area contributed by atoms with E-state index in [0.29, 0.717) is 11.8 Å². The zero-order valence-corrected chi connectivity index (χ0v) is 11.0. The fraction of sp³-hybridized carbons (Fsp3) is 0.0769. The summed E-state index contributed by atoms with van der Waals surface area (Å²) < 4.78 is 43.1. The highest BCUT2D eigenvalue weighted by Gasteiger charge is 2.33. The lowest BCUT2D eigenvalue weighted by molar-refractivity contribution is -0.141. The molecule has 8 heteroatoms. The van der Waals surface area contributed by atoms with Crippen LogP contribution in [0.4, 0.5) is 18.9 Å². The lowest BCUT2D eigenvalue weighted by Gasteiger charge is -2.11. The standard InChI is InChI=1S/C13H7ClF3N3O/c14-9-5-8(19)2-3-10(9)21-12-7(6-18)1-4-11(20-12)13(15,16)17/h1-5H,19H2. The topological polar surface area (TPSA) is 71.9 Å². The molecule has 0 aliphatic rings. The monoisotopic (exact) mass is 313 g/mol. The molecule has 108 valence electrons. The van der Waals surface area contributed by atoms with Crippen molar-refractivity contribution in [2.45, 2.75) is 6.18 Å². The van der Waals surface area contributed by atoms with Crippen LogP contribution in [-0.4, -0.2) is 4.98 Å². The molecule has 2 aromatic rings. The maximum atomic E-state index is 12.6. The third kappa shape index (κ3) is 3.35. The van der Waals surface area contributed by atoms with E-state index >= 15 is 0 Å². The summed E-state index contributed by atoms with van der Waals surface area (Å²) in [6, 6.07) is 7.60. The Morgan fingerprint density at radius 1 is 1.24 bits per heavy atom. The van der Waals surface area contributed by atoms with Gasteiger partial charge in [0, 0.05) is 5.69 Å². The second-order valence-electron chi connectivity index (χ2n) is 3.95. The van der Waals surface area contributed by atoms with Crippen LogP contribution in [-0.2, 0) is 6.18 Å². The van der Waals surface area contributed by atoms with Gasteiger partial charge in [-0.15, -0.1) is 0 Å². The predicted octanol–water partition coefficient (Wildman–Crippen LogP) is 4.00. The Bertz CT molecular complexity index is 726. The van der Waals surface area contributed by atoms with E-state index in [1.807, 2.05) is 0 Å². The number of nitrogens with two attached hydrogens (primary N) is 1. The minimum absolute atomic E-state index is 0.0502. The minimum Gasteiger partial charge on any atom is -0.436 e. The molecule has 0 bridgehead atoms. The van der Waals surface area contributed by atoms with Gasteiger partial charge in [-0.3, -0.25) is 0 Å². The van der Waals surface area contributed by atoms with Gasteiger partial charge in [0.05, 0.1) is 5.02 Å². The molecule has 2 rings (SSSR count). The maximum absolute atomic E-state index is 12.6. The highest BCUT2D eigenvalue weighted by atomic mass is 35.5. The van der Waals surface area contributed by atoms with Gasteiger partial charge < -0.3 is 10.5 Å². The number of rotatable bonds is 2. The molecular weight excluding hydrogens is 307 g/mol. The van der Waals surface area contributed by atoms with Crippen LogP contribution in [0.2, 0.25) is 5.02 Å². The van der Waals surface area contributed by atoms with Gasteiger partial charge in [0.25, 0.3) is 0 Å². The third-order valence-corrected chi connectivity index (χ3v) is 2.73. The zero-order chi connectivity index (χ0) is 15.6. The third-order valence-electron chi connectivity index (χ3n) is 2.43. The molecule has 0 radical (unpaired) electrons. The van der Waals surface area contributed by atoms with Crippen LogP contribution in [0.1, 0.15) is 11.3 Å². The van der Waals surface area contributed by atoms with Gasteiger partial charge in [-0.05, 0) is 30.3 Å². The first-order valence-electron chi connectivity index (χ1n) is 5.52. The van der Waals surface area contributed by atoms with Gasteiger partial charge in [0.15, 0.2) is 0 Å². The highest BCUT2D eigenvalue weighted by Crippen LogP contribution is 2.34. The van der Waals surface area contributed by atoms with E-state index in [2.05, 4.69) is 4.98 Å². The van der Waals surface area contributed by atoms with Gasteiger partial charge in [-0.2, -0.15) is 18.4 Å². The van der Waals surface area contributed by atoms with Gasteiger partial charge in [-0.25, -0.2) is 4.98 Å². The van der Waals surface area contributed by atoms with E-state index in [-0.39, 0.29) is 16.3 Å². The molecule has 4 nitrogen and oxygen atoms in total. The van der Waals surface area contributed by atoms with Gasteiger partial charge >= 0.3 is 6.18 Å². The van der Waals surface area contributed by atoms with Crippen LogP contribution in [0, 0.1) is 11.3 Å². The molecular formula is C13H7ClF3N3O. The molecule has 21 heavy (non-hydrogen) atoms. The molecule has 1 aromatic heterocycles. The lowest BCUT2D eigenvalue weighted by Crippen LogP contribution is -2.09. The SMILES string of the molecule is N#Cc1ccc(C(F)(F)F)nc1Oc1ccc(N)cc1Cl. The van der Waals surface area contributed by atoms with Gasteiger partial charge in [-0.1, -0.05) is 11.6 Å². The Kier molecular flexibility index (Phi) is 3.91. The van der Waals surface area contributed by atoms with E-state index in [9.17, 15) is 13.2 Å². The molecule has 0 aliphatic heterocycles. The van der Waals surface area contributed by atoms with Crippen LogP contribution >= 0.6 is 11.6 Å². The van der Waals surface area contributed by atoms with Crippen molar-refractivity contribution in [3.8, 4) is 17.7 Å². The van der Waals surface area contributed by atoms with Crippen molar-refractivity contribution < 1.29 is 17.9 Å². The molecule has 0 amide bonds. The molecule has 0 spiro atoms. The average Bonchev–Trinajstić information content (AvgIpc) is 2.41. The summed E-state index contributed by atoms with van der Waals surface area (Å²) in [6.45, 7) is 0. The summed E-state index contributed by atoms with van der Waals surface area (Å²) in [5.74, 6) is -0.423. The fourth-order valence-electron chi connectivity index (χ4n) is 1.47. The summed E-state index contributed by atoms with van der Waals surface area (Å²) in [7, 11) is 0. The molecule has 1 aromatic carbocycles. The second-order valence-corrected chi connectivity index (χ2v) is 4.36. The number of nitriles is 1. The number of aromatic nitrogens is 1. The number of alkyl halides is 3. The largest absolute Gasteiger partial charge is 0.436 e. The first-order valence-corrected chi connectivity index (χ1v) is 5.90. The Morgan fingerprint density at radius 3 is 2.52 bits per heavy atom. The Hall–Kier alpha value is -2.46. The molecule has 0 fully saturated rings. The summed E-state index contributed by atoms with van der Waals surface area (Å²) in [5, 5.41) is 8.99. The van der Waals surface area contributed by atoms with Crippen molar-refractivity contribution in [1.82, 2.24) is 4.98 Å². The Balaban J connectivity index is 2.45. The number of ether oxygens (including phenoxy) is 1. The summed E-state index contributed by atoms with van der Waals surface area (Å²) in [5.41, 5.74) is 4.56. The number of hydrogen-bond donors (Lipinski definition) is 1. The number of pyridine rings is 1. The number of hydrogen-bond acceptors (Lipinski definition) is 4. The molecule has 1 heterocycles. The smallest absolute Gasteiger partial charge is 0.433 e. The van der Waals surface area contributed by atoms with Crippen molar-refractivity contribution in [3.63, 3.8) is 0 Å². The second kappa shape index (κ2) is 5.50. The zero-order valence-electron chi connectivity index (χ0n) is 10.3. The molecule has 0 atom stereocenters. The van der Waals surface area contributed by atoms with Crippen molar-refractivity contribution in [2.24, 2.45) is 0 Å². The normalized spacial score (nSPS) is 11.0. The van der Waals surface area contributed by atoms with Crippen LogP contribution in [0.5, 0.6) is 11.6 Å². The molecule has 0 unspecified atom stereocenters. The molecule has 0 saturated carbocycles. The van der Waals surface area contributed by atoms with Gasteiger partial charge in [0.2, 0.25) is 5.88 Å². The maximum Gasteiger partial charge on any atom is 0.433 e.